The molecule has 4 rings (SSSR count). The molecule has 0 bridgehead atoms. The highest BCUT2D eigenvalue weighted by Crippen LogP contribution is 2.47. The highest BCUT2D eigenvalue weighted by Gasteiger charge is 2.42. The average Bonchev–Trinajstić information content (AvgIpc) is 2.73. The Morgan fingerprint density at radius 3 is 2.35 bits per heavy atom. The number of nitrogens with one attached hydrogen (secondary N) is 1. The normalized spacial score (nSPS) is 21.0. The Bertz CT molecular complexity index is 1140. The predicted octanol–water partition coefficient (Wildman–Crippen LogP) is 6.18. The molecule has 0 saturated carbocycles. The molecule has 31 heavy (non-hydrogen) atoms. The van der Waals surface area contributed by atoms with Crippen molar-refractivity contribution < 1.29 is 14.3 Å². The van der Waals surface area contributed by atoms with Gasteiger partial charge in [-0.1, -0.05) is 53.0 Å². The lowest BCUT2D eigenvalue weighted by Crippen LogP contribution is -2.36. The zero-order chi connectivity index (χ0) is 22.3. The third-order valence-electron chi connectivity index (χ3n) is 5.85. The van der Waals surface area contributed by atoms with Gasteiger partial charge in [0.2, 0.25) is 0 Å². The average molecular weight is 477 g/mol. The van der Waals surface area contributed by atoms with Crippen molar-refractivity contribution in [3.8, 4) is 0 Å². The molecule has 7 heteroatoms. The quantitative estimate of drug-likeness (QED) is 0.537. The lowest BCUT2D eigenvalue weighted by molar-refractivity contribution is -0.136. The van der Waals surface area contributed by atoms with Gasteiger partial charge in [-0.05, 0) is 54.7 Å². The molecule has 2 aromatic rings. The van der Waals surface area contributed by atoms with Crippen LogP contribution in [-0.4, -0.2) is 18.9 Å². The molecule has 4 nitrogen and oxygen atoms in total. The number of allylic oxidation sites excluding steroid dienone is 3. The number of esters is 1. The van der Waals surface area contributed by atoms with E-state index in [4.69, 9.17) is 39.5 Å². The number of Topliss-reactive ketones (excluding diaryl/α,β-unsaturated/α-hetero) is 1. The van der Waals surface area contributed by atoms with Gasteiger partial charge in [0.25, 0.3) is 0 Å². The first-order valence-electron chi connectivity index (χ1n) is 9.83. The lowest BCUT2D eigenvalue weighted by Gasteiger charge is -2.37. The molecule has 1 aliphatic heterocycles. The van der Waals surface area contributed by atoms with Gasteiger partial charge < -0.3 is 10.1 Å². The maximum atomic E-state index is 13.4. The molecular weight excluding hydrogens is 457 g/mol. The highest BCUT2D eigenvalue weighted by molar-refractivity contribution is 6.35. The van der Waals surface area contributed by atoms with Crippen LogP contribution in [0, 0.1) is 0 Å². The van der Waals surface area contributed by atoms with E-state index in [1.807, 2.05) is 31.2 Å². The molecule has 0 spiro atoms. The van der Waals surface area contributed by atoms with Crippen molar-refractivity contribution in [2.45, 2.75) is 31.6 Å². The van der Waals surface area contributed by atoms with Gasteiger partial charge in [-0.25, -0.2) is 4.79 Å². The maximum absolute atomic E-state index is 13.4. The van der Waals surface area contributed by atoms with Crippen LogP contribution in [0.3, 0.4) is 0 Å². The van der Waals surface area contributed by atoms with Crippen LogP contribution >= 0.6 is 34.8 Å². The first kappa shape index (κ1) is 21.9. The fraction of sp³-hybridized carbons (Fsp3) is 0.250. The van der Waals surface area contributed by atoms with Crippen molar-refractivity contribution in [2.24, 2.45) is 0 Å². The molecule has 2 aromatic carbocycles. The number of rotatable bonds is 3. The highest BCUT2D eigenvalue weighted by atomic mass is 35.5. The van der Waals surface area contributed by atoms with Gasteiger partial charge in [0.1, 0.15) is 0 Å². The SMILES string of the molecule is COC(=O)C1=C(C)NC2=C(C(=O)C[C@@H](c3ccc(Cl)cc3)C2)[C@@H]1c1ccc(Cl)cc1Cl. The van der Waals surface area contributed by atoms with E-state index in [1.54, 1.807) is 18.2 Å². The molecular formula is C24H20Cl3NO3. The van der Waals surface area contributed by atoms with Gasteiger partial charge in [0.15, 0.2) is 5.78 Å². The van der Waals surface area contributed by atoms with Crippen molar-refractivity contribution >= 4 is 46.6 Å². The molecule has 1 heterocycles. The van der Waals surface area contributed by atoms with Gasteiger partial charge in [-0.3, -0.25) is 4.79 Å². The third kappa shape index (κ3) is 4.12. The Labute approximate surface area is 195 Å². The second-order valence-electron chi connectivity index (χ2n) is 7.73. The summed E-state index contributed by atoms with van der Waals surface area (Å²) in [6.07, 6.45) is 0.966. The topological polar surface area (TPSA) is 55.4 Å². The van der Waals surface area contributed by atoms with E-state index in [9.17, 15) is 9.59 Å². The van der Waals surface area contributed by atoms with Crippen molar-refractivity contribution in [1.29, 1.82) is 0 Å². The van der Waals surface area contributed by atoms with E-state index in [2.05, 4.69) is 5.32 Å². The van der Waals surface area contributed by atoms with E-state index in [0.717, 1.165) is 11.3 Å². The maximum Gasteiger partial charge on any atom is 0.336 e. The second kappa shape index (κ2) is 8.70. The van der Waals surface area contributed by atoms with Crippen molar-refractivity contribution in [2.75, 3.05) is 7.11 Å². The third-order valence-corrected chi connectivity index (χ3v) is 6.66. The summed E-state index contributed by atoms with van der Waals surface area (Å²) >= 11 is 18.6. The monoisotopic (exact) mass is 475 g/mol. The minimum absolute atomic E-state index is 0.0184. The van der Waals surface area contributed by atoms with Crippen LogP contribution in [-0.2, 0) is 14.3 Å². The summed E-state index contributed by atoms with van der Waals surface area (Å²) in [5, 5.41) is 4.83. The summed E-state index contributed by atoms with van der Waals surface area (Å²) in [6.45, 7) is 1.81. The molecule has 0 aromatic heterocycles. The van der Waals surface area contributed by atoms with Gasteiger partial charge in [-0.2, -0.15) is 0 Å². The molecule has 0 fully saturated rings. The Kier molecular flexibility index (Phi) is 6.16. The fourth-order valence-corrected chi connectivity index (χ4v) is 5.08. The molecule has 160 valence electrons. The van der Waals surface area contributed by atoms with Crippen LogP contribution in [0.4, 0.5) is 0 Å². The Morgan fingerprint density at radius 1 is 1.03 bits per heavy atom. The standard InChI is InChI=1S/C24H20Cl3NO3/c1-12-21(24(30)31-2)22(17-8-7-16(26)11-18(17)27)23-19(28-12)9-14(10-20(23)29)13-3-5-15(25)6-4-13/h3-8,11,14,22,28H,9-10H2,1-2H3/t14-,22+/m0/s1. The number of ether oxygens (including phenoxy) is 1. The van der Waals surface area contributed by atoms with Crippen molar-refractivity contribution in [3.63, 3.8) is 0 Å². The fourth-order valence-electron chi connectivity index (χ4n) is 4.44. The second-order valence-corrected chi connectivity index (χ2v) is 9.01. The molecule has 2 atom stereocenters. The first-order valence-corrected chi connectivity index (χ1v) is 11.0. The Hall–Kier alpha value is -2.27. The molecule has 0 saturated heterocycles. The minimum Gasteiger partial charge on any atom is -0.466 e. The van der Waals surface area contributed by atoms with E-state index in [0.29, 0.717) is 50.3 Å². The van der Waals surface area contributed by atoms with E-state index >= 15 is 0 Å². The van der Waals surface area contributed by atoms with Crippen LogP contribution in [0.2, 0.25) is 15.1 Å². The first-order chi connectivity index (χ1) is 14.8. The van der Waals surface area contributed by atoms with Gasteiger partial charge >= 0.3 is 5.97 Å². The summed E-state index contributed by atoms with van der Waals surface area (Å²) in [6, 6.07) is 12.6. The molecule has 0 amide bonds. The zero-order valence-corrected chi connectivity index (χ0v) is 19.2. The van der Waals surface area contributed by atoms with Crippen LogP contribution in [0.15, 0.2) is 65.0 Å². The summed E-state index contributed by atoms with van der Waals surface area (Å²) in [7, 11) is 1.33. The number of methoxy groups -OCH3 is 1. The summed E-state index contributed by atoms with van der Waals surface area (Å²) in [5.74, 6) is -1.13. The number of dihydropyridines is 1. The Morgan fingerprint density at radius 2 is 1.71 bits per heavy atom. The van der Waals surface area contributed by atoms with Crippen LogP contribution in [0.5, 0.6) is 0 Å². The van der Waals surface area contributed by atoms with Gasteiger partial charge in [0, 0.05) is 44.4 Å². The van der Waals surface area contributed by atoms with Gasteiger partial charge in [0.05, 0.1) is 12.7 Å². The number of halogens is 3. The summed E-state index contributed by atoms with van der Waals surface area (Å²) < 4.78 is 5.04. The van der Waals surface area contributed by atoms with Crippen molar-refractivity contribution in [3.05, 3.63) is 91.2 Å². The number of carbonyl (C=O) groups is 2. The summed E-state index contributed by atoms with van der Waals surface area (Å²) in [4.78, 5) is 26.1. The number of hydrogen-bond donors (Lipinski definition) is 1. The number of ketones is 1. The molecule has 0 radical (unpaired) electrons. The van der Waals surface area contributed by atoms with E-state index in [1.165, 1.54) is 7.11 Å². The number of benzene rings is 2. The van der Waals surface area contributed by atoms with Crippen LogP contribution in [0.1, 0.15) is 42.7 Å². The summed E-state index contributed by atoms with van der Waals surface area (Å²) in [5.41, 5.74) is 4.08. The largest absolute Gasteiger partial charge is 0.466 e. The molecule has 2 aliphatic rings. The number of carbonyl (C=O) groups excluding carboxylic acids is 2. The van der Waals surface area contributed by atoms with Crippen molar-refractivity contribution in [1.82, 2.24) is 5.32 Å². The van der Waals surface area contributed by atoms with Crippen LogP contribution in [0.25, 0.3) is 0 Å². The number of hydrogen-bond acceptors (Lipinski definition) is 4. The molecule has 1 N–H and O–H groups in total. The molecule has 1 aliphatic carbocycles. The Balaban J connectivity index is 1.83. The smallest absolute Gasteiger partial charge is 0.336 e. The minimum atomic E-state index is -0.618. The van der Waals surface area contributed by atoms with Crippen LogP contribution < -0.4 is 5.32 Å². The predicted molar refractivity (Wildman–Crippen MR) is 123 cm³/mol. The van der Waals surface area contributed by atoms with E-state index in [-0.39, 0.29) is 11.7 Å². The van der Waals surface area contributed by atoms with Gasteiger partial charge in [-0.15, -0.1) is 0 Å². The molecule has 0 unspecified atom stereocenters. The van der Waals surface area contributed by atoms with E-state index < -0.39 is 11.9 Å². The zero-order valence-electron chi connectivity index (χ0n) is 17.0. The lowest BCUT2D eigenvalue weighted by atomic mass is 9.71.